The summed E-state index contributed by atoms with van der Waals surface area (Å²) < 4.78 is 62.6. The van der Waals surface area contributed by atoms with Gasteiger partial charge in [0.25, 0.3) is 11.3 Å². The van der Waals surface area contributed by atoms with Gasteiger partial charge in [-0.3, -0.25) is 4.18 Å². The Bertz CT molecular complexity index is 749. The summed E-state index contributed by atoms with van der Waals surface area (Å²) in [4.78, 5) is 11.6. The third kappa shape index (κ3) is 4.76. The molecule has 0 aromatic heterocycles. The van der Waals surface area contributed by atoms with Crippen molar-refractivity contribution in [2.75, 3.05) is 6.61 Å². The third-order valence-electron chi connectivity index (χ3n) is 5.13. The molecule has 0 spiro atoms. The van der Waals surface area contributed by atoms with Crippen LogP contribution < -0.4 is 0 Å². The molecule has 1 heterocycles. The molecule has 158 valence electrons. The van der Waals surface area contributed by atoms with Gasteiger partial charge < -0.3 is 9.53 Å². The highest BCUT2D eigenvalue weighted by Gasteiger charge is 2.47. The molecule has 0 aliphatic carbocycles. The van der Waals surface area contributed by atoms with Crippen molar-refractivity contribution in [2.45, 2.75) is 57.2 Å². The van der Waals surface area contributed by atoms with Gasteiger partial charge in [-0.05, 0) is 35.8 Å². The Morgan fingerprint density at radius 1 is 1.29 bits per heavy atom. The van der Waals surface area contributed by atoms with Gasteiger partial charge in [0, 0.05) is 0 Å². The van der Waals surface area contributed by atoms with Crippen molar-refractivity contribution >= 4 is 25.7 Å². The third-order valence-corrected chi connectivity index (χ3v) is 10.7. The van der Waals surface area contributed by atoms with Crippen molar-refractivity contribution in [1.82, 2.24) is 4.31 Å². The summed E-state index contributed by atoms with van der Waals surface area (Å²) in [6, 6.07) is 3.44. The smallest absolute Gasteiger partial charge is 0.421 e. The number of rotatable bonds is 4. The topological polar surface area (TPSA) is 76.1 Å². The van der Waals surface area contributed by atoms with E-state index in [4.69, 9.17) is 8.61 Å². The molecule has 28 heavy (non-hydrogen) atoms. The predicted molar refractivity (Wildman–Crippen MR) is 100 cm³/mol. The fraction of sp³-hybridized carbons (Fsp3) is 0.588. The van der Waals surface area contributed by atoms with Gasteiger partial charge in [0.1, 0.15) is 6.04 Å². The quantitative estimate of drug-likeness (QED) is 0.687. The summed E-state index contributed by atoms with van der Waals surface area (Å²) in [5.41, 5.74) is -0.444. The zero-order valence-corrected chi connectivity index (χ0v) is 18.1. The molecule has 11 heteroatoms. The zero-order chi connectivity index (χ0) is 21.5. The summed E-state index contributed by atoms with van der Waals surface area (Å²) in [5, 5.41) is 9.19. The van der Waals surface area contributed by atoms with Crippen LogP contribution in [-0.4, -0.2) is 40.7 Å². The lowest BCUT2D eigenvalue weighted by Crippen LogP contribution is -2.48. The van der Waals surface area contributed by atoms with Crippen molar-refractivity contribution < 1.29 is 35.9 Å². The maximum Gasteiger partial charge on any atom is 0.421 e. The van der Waals surface area contributed by atoms with Crippen molar-refractivity contribution in [3.05, 3.63) is 35.4 Å². The molecule has 1 N–H and O–H groups in total. The minimum absolute atomic E-state index is 0.181. The van der Waals surface area contributed by atoms with Crippen LogP contribution in [0.1, 0.15) is 38.0 Å². The van der Waals surface area contributed by atoms with Crippen molar-refractivity contribution in [3.8, 4) is 0 Å². The van der Waals surface area contributed by atoms with Gasteiger partial charge in [0.05, 0.1) is 18.3 Å². The van der Waals surface area contributed by atoms with E-state index < -0.39 is 49.6 Å². The lowest BCUT2D eigenvalue weighted by molar-refractivity contribution is -0.137. The highest BCUT2D eigenvalue weighted by molar-refractivity contribution is 7.78. The number of nitrogens with zero attached hydrogens (tertiary/aromatic N) is 1. The monoisotopic (exact) mass is 439 g/mol. The fourth-order valence-electron chi connectivity index (χ4n) is 2.50. The van der Waals surface area contributed by atoms with Crippen LogP contribution in [0.5, 0.6) is 0 Å². The molecule has 0 saturated carbocycles. The second-order valence-electron chi connectivity index (χ2n) is 8.10. The lowest BCUT2D eigenvalue weighted by Gasteiger charge is -2.41. The Morgan fingerprint density at radius 2 is 1.82 bits per heavy atom. The van der Waals surface area contributed by atoms with E-state index in [9.17, 15) is 27.3 Å². The van der Waals surface area contributed by atoms with E-state index in [-0.39, 0.29) is 11.6 Å². The molecule has 1 amide bonds. The molecule has 6 nitrogen and oxygen atoms in total. The molecule has 1 aromatic carbocycles. The van der Waals surface area contributed by atoms with Crippen LogP contribution in [0.15, 0.2) is 24.3 Å². The Kier molecular flexibility index (Phi) is 6.34. The number of carboxylic acid groups (broad SMARTS) is 1. The zero-order valence-electron chi connectivity index (χ0n) is 16.2. The number of hydrogen-bond acceptors (Lipinski definition) is 4. The number of hydrogen-bond donors (Lipinski definition) is 1. The standard InChI is InChI=1S/C17H24F3NO5SSi/c1-16(2,3)28(4,5)26-14(13-10-25-27(24)21(13)15(22)23)11-6-8-12(9-7-11)17(18,19)20/h6-9,13-14H,10H2,1-5H3,(H,22,23)/t13-,14+,27?/m1/s1. The lowest BCUT2D eigenvalue weighted by atomic mass is 10.0. The number of halogens is 3. The normalized spacial score (nSPS) is 22.4. The van der Waals surface area contributed by atoms with Crippen LogP contribution in [0.2, 0.25) is 18.1 Å². The van der Waals surface area contributed by atoms with Gasteiger partial charge in [0.15, 0.2) is 8.32 Å². The molecule has 1 fully saturated rings. The molecule has 0 bridgehead atoms. The summed E-state index contributed by atoms with van der Waals surface area (Å²) >= 11 is -2.19. The summed E-state index contributed by atoms with van der Waals surface area (Å²) in [5.74, 6) is 0. The highest BCUT2D eigenvalue weighted by atomic mass is 32.2. The van der Waals surface area contributed by atoms with E-state index in [2.05, 4.69) is 0 Å². The summed E-state index contributed by atoms with van der Waals surface area (Å²) in [6.07, 6.45) is -6.85. The molecular weight excluding hydrogens is 415 g/mol. The van der Waals surface area contributed by atoms with E-state index in [0.29, 0.717) is 9.87 Å². The Balaban J connectivity index is 2.48. The van der Waals surface area contributed by atoms with E-state index in [1.807, 2.05) is 33.9 Å². The summed E-state index contributed by atoms with van der Waals surface area (Å²) in [7, 11) is -2.45. The molecule has 2 rings (SSSR count). The van der Waals surface area contributed by atoms with E-state index >= 15 is 0 Å². The minimum atomic E-state index is -4.49. The largest absolute Gasteiger partial charge is 0.464 e. The van der Waals surface area contributed by atoms with Crippen LogP contribution in [0, 0.1) is 0 Å². The van der Waals surface area contributed by atoms with Crippen LogP contribution in [0.4, 0.5) is 18.0 Å². The van der Waals surface area contributed by atoms with Crippen molar-refractivity contribution in [3.63, 3.8) is 0 Å². The van der Waals surface area contributed by atoms with Crippen molar-refractivity contribution in [1.29, 1.82) is 0 Å². The van der Waals surface area contributed by atoms with Gasteiger partial charge in [-0.25, -0.2) is 9.00 Å². The molecular formula is C17H24F3NO5SSi. The average molecular weight is 440 g/mol. The van der Waals surface area contributed by atoms with Gasteiger partial charge in [-0.2, -0.15) is 17.5 Å². The average Bonchev–Trinajstić information content (AvgIpc) is 2.92. The Morgan fingerprint density at radius 3 is 2.25 bits per heavy atom. The first kappa shape index (κ1) is 22.9. The molecule has 1 unspecified atom stereocenters. The Hall–Kier alpha value is -1.43. The minimum Gasteiger partial charge on any atom is -0.464 e. The van der Waals surface area contributed by atoms with E-state index in [1.54, 1.807) is 0 Å². The van der Waals surface area contributed by atoms with Gasteiger partial charge in [0.2, 0.25) is 0 Å². The van der Waals surface area contributed by atoms with E-state index in [1.165, 1.54) is 12.1 Å². The first-order valence-electron chi connectivity index (χ1n) is 8.57. The second kappa shape index (κ2) is 7.77. The highest BCUT2D eigenvalue weighted by Crippen LogP contribution is 2.42. The fourth-order valence-corrected chi connectivity index (χ4v) is 4.67. The number of amides is 1. The number of alkyl halides is 3. The molecule has 1 aliphatic heterocycles. The second-order valence-corrected chi connectivity index (χ2v) is 13.9. The van der Waals surface area contributed by atoms with Crippen LogP contribution in [0.25, 0.3) is 0 Å². The number of benzene rings is 1. The van der Waals surface area contributed by atoms with Crippen molar-refractivity contribution in [2.24, 2.45) is 0 Å². The van der Waals surface area contributed by atoms with Gasteiger partial charge in [-0.15, -0.1) is 0 Å². The molecule has 1 saturated heterocycles. The van der Waals surface area contributed by atoms with Gasteiger partial charge in [-0.1, -0.05) is 32.9 Å². The van der Waals surface area contributed by atoms with Gasteiger partial charge >= 0.3 is 12.3 Å². The molecule has 0 radical (unpaired) electrons. The predicted octanol–water partition coefficient (Wildman–Crippen LogP) is 4.73. The Labute approximate surface area is 165 Å². The van der Waals surface area contributed by atoms with E-state index in [0.717, 1.165) is 12.1 Å². The molecule has 3 atom stereocenters. The SMILES string of the molecule is CC(C)(C)[Si](C)(C)O[C@@H](c1ccc(C(F)(F)F)cc1)[C@H]1COS(=O)N1C(=O)O. The first-order valence-corrected chi connectivity index (χ1v) is 12.5. The van der Waals surface area contributed by atoms with Crippen LogP contribution in [0.3, 0.4) is 0 Å². The number of carbonyl (C=O) groups is 1. The molecule has 1 aliphatic rings. The maximum atomic E-state index is 12.9. The molecule has 1 aromatic rings. The van der Waals surface area contributed by atoms with Crippen LogP contribution >= 0.6 is 0 Å². The summed E-state index contributed by atoms with van der Waals surface area (Å²) in [6.45, 7) is 9.67. The maximum absolute atomic E-state index is 12.9. The van der Waals surface area contributed by atoms with Crippen LogP contribution in [-0.2, 0) is 26.1 Å². The first-order chi connectivity index (χ1) is 12.6.